The molecule has 0 radical (unpaired) electrons. The van der Waals surface area contributed by atoms with Gasteiger partial charge in [0, 0.05) is 23.7 Å². The van der Waals surface area contributed by atoms with Gasteiger partial charge in [-0.05, 0) is 54.8 Å². The highest BCUT2D eigenvalue weighted by Crippen LogP contribution is 2.44. The molecule has 0 unspecified atom stereocenters. The Morgan fingerprint density at radius 2 is 1.91 bits per heavy atom. The number of carbonyl (C=O) groups excluding carboxylic acids is 1. The highest BCUT2D eigenvalue weighted by Gasteiger charge is 2.35. The molecule has 0 fully saturated rings. The Morgan fingerprint density at radius 1 is 1.11 bits per heavy atom. The normalized spacial score (nSPS) is 15.9. The van der Waals surface area contributed by atoms with Gasteiger partial charge in [0.15, 0.2) is 17.3 Å². The molecular formula is C28H26ClNO5. The molecule has 0 spiro atoms. The Bertz CT molecular complexity index is 1320. The fourth-order valence-electron chi connectivity index (χ4n) is 4.52. The van der Waals surface area contributed by atoms with Crippen molar-refractivity contribution in [3.8, 4) is 23.0 Å². The fourth-order valence-corrected chi connectivity index (χ4v) is 4.65. The summed E-state index contributed by atoms with van der Waals surface area (Å²) >= 11 is 6.00. The molecule has 0 bridgehead atoms. The summed E-state index contributed by atoms with van der Waals surface area (Å²) in [6.45, 7) is 3.83. The topological polar surface area (TPSA) is 57.2 Å². The molecule has 3 aromatic rings. The van der Waals surface area contributed by atoms with E-state index in [0.717, 1.165) is 34.9 Å². The molecule has 0 saturated heterocycles. The molecule has 7 heteroatoms. The Hall–Kier alpha value is -3.48. The van der Waals surface area contributed by atoms with Gasteiger partial charge < -0.3 is 18.9 Å². The number of hydrogen-bond donors (Lipinski definition) is 0. The monoisotopic (exact) mass is 491 g/mol. The average Bonchev–Trinajstić information content (AvgIpc) is 3.20. The molecule has 6 nitrogen and oxygen atoms in total. The Kier molecular flexibility index (Phi) is 6.41. The van der Waals surface area contributed by atoms with Crippen molar-refractivity contribution in [1.82, 2.24) is 4.90 Å². The van der Waals surface area contributed by atoms with E-state index in [4.69, 9.17) is 30.5 Å². The number of Topliss-reactive ketones (excluding diaryl/α,β-unsaturated/α-hetero) is 1. The Labute approximate surface area is 209 Å². The molecule has 0 amide bonds. The van der Waals surface area contributed by atoms with Crippen LogP contribution in [-0.4, -0.2) is 38.2 Å². The highest BCUT2D eigenvalue weighted by atomic mass is 35.5. The second-order valence-corrected chi connectivity index (χ2v) is 9.04. The zero-order valence-electron chi connectivity index (χ0n) is 19.9. The van der Waals surface area contributed by atoms with Crippen LogP contribution >= 0.6 is 11.6 Å². The summed E-state index contributed by atoms with van der Waals surface area (Å²) in [5, 5.41) is 0.729. The molecule has 3 aromatic carbocycles. The summed E-state index contributed by atoms with van der Waals surface area (Å²) in [5.41, 5.74) is 4.22. The predicted molar refractivity (Wildman–Crippen MR) is 135 cm³/mol. The summed E-state index contributed by atoms with van der Waals surface area (Å²) in [6.07, 6.45) is 2.57. The van der Waals surface area contributed by atoms with Crippen LogP contribution in [0.25, 0.3) is 6.08 Å². The van der Waals surface area contributed by atoms with E-state index in [1.807, 2.05) is 55.5 Å². The molecule has 2 heterocycles. The number of allylic oxidation sites excluding steroid dienone is 1. The van der Waals surface area contributed by atoms with Crippen LogP contribution in [0.5, 0.6) is 23.0 Å². The van der Waals surface area contributed by atoms with Crippen LogP contribution in [0.3, 0.4) is 0 Å². The lowest BCUT2D eigenvalue weighted by Gasteiger charge is -2.30. The van der Waals surface area contributed by atoms with E-state index < -0.39 is 0 Å². The number of hydrogen-bond acceptors (Lipinski definition) is 6. The van der Waals surface area contributed by atoms with Gasteiger partial charge in [-0.25, -0.2) is 0 Å². The Morgan fingerprint density at radius 3 is 2.66 bits per heavy atom. The van der Waals surface area contributed by atoms with Gasteiger partial charge >= 0.3 is 0 Å². The van der Waals surface area contributed by atoms with Crippen molar-refractivity contribution in [2.45, 2.75) is 19.9 Å². The number of halogens is 1. The molecular weight excluding hydrogens is 466 g/mol. The van der Waals surface area contributed by atoms with Crippen molar-refractivity contribution in [3.05, 3.63) is 87.1 Å². The van der Waals surface area contributed by atoms with Crippen LogP contribution < -0.4 is 18.9 Å². The molecule has 2 aliphatic rings. The van der Waals surface area contributed by atoms with Crippen LogP contribution in [0.1, 0.15) is 32.6 Å². The minimum atomic E-state index is -0.150. The van der Waals surface area contributed by atoms with E-state index in [1.54, 1.807) is 20.3 Å². The van der Waals surface area contributed by atoms with Crippen molar-refractivity contribution >= 4 is 23.5 Å². The second-order valence-electron chi connectivity index (χ2n) is 8.60. The molecule has 0 saturated carbocycles. The number of ether oxygens (including phenoxy) is 4. The summed E-state index contributed by atoms with van der Waals surface area (Å²) in [6, 6.07) is 15.3. The molecule has 0 N–H and O–H groups in total. The van der Waals surface area contributed by atoms with Crippen LogP contribution in [0.2, 0.25) is 5.02 Å². The maximum absolute atomic E-state index is 13.4. The average molecular weight is 492 g/mol. The number of aryl methyl sites for hydroxylation is 1. The zero-order valence-corrected chi connectivity index (χ0v) is 20.6. The van der Waals surface area contributed by atoms with Gasteiger partial charge in [0.05, 0.1) is 25.3 Å². The van der Waals surface area contributed by atoms with Gasteiger partial charge in [-0.2, -0.15) is 0 Å². The first-order valence-electron chi connectivity index (χ1n) is 11.4. The number of rotatable bonds is 6. The third-order valence-electron chi connectivity index (χ3n) is 6.34. The molecule has 0 aliphatic carbocycles. The van der Waals surface area contributed by atoms with E-state index in [0.29, 0.717) is 41.7 Å². The standard InChI is InChI=1S/C28H26ClNO5/c1-17-13-23-21(15-30(16-34-23)12-11-18-7-9-20(29)10-8-18)28-25(17)26(31)24(35-28)14-19-5-4-6-22(32-2)27(19)33-3/h4-10,13-14H,11-12,15-16H2,1-3H3/b24-14+. The van der Waals surface area contributed by atoms with Gasteiger partial charge in [0.1, 0.15) is 18.2 Å². The summed E-state index contributed by atoms with van der Waals surface area (Å²) in [7, 11) is 3.15. The van der Waals surface area contributed by atoms with Gasteiger partial charge in [0.2, 0.25) is 5.78 Å². The Balaban J connectivity index is 1.42. The van der Waals surface area contributed by atoms with E-state index >= 15 is 0 Å². The van der Waals surface area contributed by atoms with E-state index in [1.165, 1.54) is 5.56 Å². The number of ketones is 1. The first-order chi connectivity index (χ1) is 17.0. The first kappa shape index (κ1) is 23.3. The van der Waals surface area contributed by atoms with Gasteiger partial charge in [0.25, 0.3) is 0 Å². The highest BCUT2D eigenvalue weighted by molar-refractivity contribution is 6.30. The minimum Gasteiger partial charge on any atom is -0.493 e. The second kappa shape index (κ2) is 9.64. The third-order valence-corrected chi connectivity index (χ3v) is 6.59. The largest absolute Gasteiger partial charge is 0.493 e. The van der Waals surface area contributed by atoms with E-state index in [2.05, 4.69) is 4.90 Å². The van der Waals surface area contributed by atoms with E-state index in [-0.39, 0.29) is 11.5 Å². The first-order valence-corrected chi connectivity index (χ1v) is 11.8. The number of benzene rings is 3. The van der Waals surface area contributed by atoms with Crippen LogP contribution in [0.15, 0.2) is 54.3 Å². The summed E-state index contributed by atoms with van der Waals surface area (Å²) in [4.78, 5) is 15.6. The lowest BCUT2D eigenvalue weighted by atomic mass is 9.98. The van der Waals surface area contributed by atoms with Crippen LogP contribution in [0.4, 0.5) is 0 Å². The smallest absolute Gasteiger partial charge is 0.232 e. The maximum Gasteiger partial charge on any atom is 0.232 e. The maximum atomic E-state index is 13.4. The molecule has 180 valence electrons. The van der Waals surface area contributed by atoms with Crippen molar-refractivity contribution in [2.75, 3.05) is 27.5 Å². The van der Waals surface area contributed by atoms with Crippen molar-refractivity contribution in [3.63, 3.8) is 0 Å². The SMILES string of the molecule is COc1cccc(/C=C2/Oc3c4c(cc(C)c3C2=O)OCN(CCc2ccc(Cl)cc2)C4)c1OC. The molecule has 0 atom stereocenters. The van der Waals surface area contributed by atoms with Gasteiger partial charge in [-0.3, -0.25) is 9.69 Å². The van der Waals surface area contributed by atoms with Crippen LogP contribution in [-0.2, 0) is 13.0 Å². The minimum absolute atomic E-state index is 0.150. The number of fused-ring (bicyclic) bond motifs is 3. The van der Waals surface area contributed by atoms with Crippen molar-refractivity contribution in [1.29, 1.82) is 0 Å². The number of methoxy groups -OCH3 is 2. The number of nitrogens with zero attached hydrogens (tertiary/aromatic N) is 1. The van der Waals surface area contributed by atoms with Gasteiger partial charge in [-0.15, -0.1) is 0 Å². The third kappa shape index (κ3) is 4.47. The lowest BCUT2D eigenvalue weighted by Crippen LogP contribution is -2.33. The summed E-state index contributed by atoms with van der Waals surface area (Å²) in [5.74, 6) is 2.57. The molecule has 5 rings (SSSR count). The number of para-hydroxylation sites is 1. The molecule has 0 aromatic heterocycles. The predicted octanol–water partition coefficient (Wildman–Crippen LogP) is 5.68. The van der Waals surface area contributed by atoms with Crippen molar-refractivity contribution in [2.24, 2.45) is 0 Å². The fraction of sp³-hybridized carbons (Fsp3) is 0.250. The lowest BCUT2D eigenvalue weighted by molar-refractivity contribution is 0.0949. The van der Waals surface area contributed by atoms with Crippen LogP contribution in [0, 0.1) is 6.92 Å². The van der Waals surface area contributed by atoms with E-state index in [9.17, 15) is 4.79 Å². The quantitative estimate of drug-likeness (QED) is 0.414. The van der Waals surface area contributed by atoms with Gasteiger partial charge in [-0.1, -0.05) is 35.9 Å². The van der Waals surface area contributed by atoms with Crippen molar-refractivity contribution < 1.29 is 23.7 Å². The number of carbonyl (C=O) groups is 1. The zero-order chi connectivity index (χ0) is 24.5. The molecule has 2 aliphatic heterocycles. The molecule has 35 heavy (non-hydrogen) atoms. The summed E-state index contributed by atoms with van der Waals surface area (Å²) < 4.78 is 23.2.